The Kier molecular flexibility index (Phi) is 6.23. The number of fused-ring (bicyclic) bond motifs is 2. The first-order valence-corrected chi connectivity index (χ1v) is 12.4. The van der Waals surface area contributed by atoms with Crippen molar-refractivity contribution >= 4 is 39.2 Å². The lowest BCUT2D eigenvalue weighted by atomic mass is 10.1. The summed E-state index contributed by atoms with van der Waals surface area (Å²) in [5.41, 5.74) is 4.21. The van der Waals surface area contributed by atoms with Crippen LogP contribution in [-0.4, -0.2) is 27.6 Å². The minimum absolute atomic E-state index is 0.251. The van der Waals surface area contributed by atoms with Crippen LogP contribution in [0.1, 0.15) is 15.9 Å². The molecule has 7 heteroatoms. The van der Waals surface area contributed by atoms with Crippen molar-refractivity contribution in [3.63, 3.8) is 0 Å². The van der Waals surface area contributed by atoms with Crippen molar-refractivity contribution in [3.05, 3.63) is 143 Å². The van der Waals surface area contributed by atoms with E-state index in [4.69, 9.17) is 4.74 Å². The molecule has 1 amide bonds. The smallest absolute Gasteiger partial charge is 0.331 e. The zero-order chi connectivity index (χ0) is 26.8. The fraction of sp³-hybridized carbons (Fsp3) is 0.0312. The summed E-state index contributed by atoms with van der Waals surface area (Å²) >= 11 is 0. The summed E-state index contributed by atoms with van der Waals surface area (Å²) in [5.74, 6) is 0.433. The number of hydrogen-bond donors (Lipinski definition) is 1. The molecule has 0 bridgehead atoms. The van der Waals surface area contributed by atoms with Gasteiger partial charge in [-0.2, -0.15) is 0 Å². The van der Waals surface area contributed by atoms with Gasteiger partial charge in [-0.1, -0.05) is 48.5 Å². The van der Waals surface area contributed by atoms with Gasteiger partial charge in [0.25, 0.3) is 5.91 Å². The quantitative estimate of drug-likeness (QED) is 0.293. The molecule has 0 saturated carbocycles. The Balaban J connectivity index is 1.61. The summed E-state index contributed by atoms with van der Waals surface area (Å²) in [4.78, 5) is 36.5. The Labute approximate surface area is 224 Å². The summed E-state index contributed by atoms with van der Waals surface area (Å²) in [6, 6.07) is 33.5. The minimum Gasteiger partial charge on any atom is -0.497 e. The number of anilines is 1. The molecule has 2 heterocycles. The number of ether oxygens (including phenoxy) is 1. The minimum atomic E-state index is -0.312. The van der Waals surface area contributed by atoms with Crippen LogP contribution in [0.3, 0.4) is 0 Å². The lowest BCUT2D eigenvalue weighted by molar-refractivity contribution is 0.0999. The summed E-state index contributed by atoms with van der Waals surface area (Å²) in [6.07, 6.45) is 3.35. The van der Waals surface area contributed by atoms with Crippen molar-refractivity contribution in [1.82, 2.24) is 14.5 Å². The molecule has 0 unspecified atom stereocenters. The lowest BCUT2D eigenvalue weighted by Crippen LogP contribution is -2.28. The van der Waals surface area contributed by atoms with Gasteiger partial charge >= 0.3 is 5.69 Å². The normalized spacial score (nSPS) is 11.6. The molecule has 39 heavy (non-hydrogen) atoms. The van der Waals surface area contributed by atoms with Gasteiger partial charge in [-0.15, -0.1) is 0 Å². The number of nitrogens with one attached hydrogen (secondary N) is 1. The van der Waals surface area contributed by atoms with E-state index in [1.165, 1.54) is 0 Å². The van der Waals surface area contributed by atoms with E-state index in [0.717, 1.165) is 16.5 Å². The number of carbonyl (C=O) groups is 1. The maximum atomic E-state index is 14.3. The number of benzene rings is 4. The van der Waals surface area contributed by atoms with Crippen molar-refractivity contribution in [2.45, 2.75) is 0 Å². The molecule has 190 valence electrons. The van der Waals surface area contributed by atoms with E-state index >= 15 is 0 Å². The molecule has 0 radical (unpaired) electrons. The highest BCUT2D eigenvalue weighted by molar-refractivity contribution is 6.15. The Hall–Kier alpha value is -5.43. The van der Waals surface area contributed by atoms with Crippen LogP contribution in [0.15, 0.2) is 126 Å². The lowest BCUT2D eigenvalue weighted by Gasteiger charge is -2.22. The number of H-pyrrole nitrogens is 1. The zero-order valence-corrected chi connectivity index (χ0v) is 21.1. The molecule has 7 nitrogen and oxygen atoms in total. The van der Waals surface area contributed by atoms with Gasteiger partial charge in [0, 0.05) is 29.0 Å². The second-order valence-corrected chi connectivity index (χ2v) is 8.91. The number of amides is 1. The Morgan fingerprint density at radius 1 is 0.872 bits per heavy atom. The Morgan fingerprint density at radius 3 is 2.38 bits per heavy atom. The largest absolute Gasteiger partial charge is 0.497 e. The molecule has 0 saturated heterocycles. The van der Waals surface area contributed by atoms with E-state index in [2.05, 4.69) is 9.97 Å². The third-order valence-electron chi connectivity index (χ3n) is 6.60. The van der Waals surface area contributed by atoms with Gasteiger partial charge in [-0.3, -0.25) is 19.2 Å². The number of methoxy groups -OCH3 is 1. The van der Waals surface area contributed by atoms with Crippen LogP contribution in [0, 0.1) is 0 Å². The topological polar surface area (TPSA) is 80.2 Å². The molecular formula is C32H24N4O3. The Morgan fingerprint density at radius 2 is 1.59 bits per heavy atom. The summed E-state index contributed by atoms with van der Waals surface area (Å²) < 4.78 is 6.94. The molecule has 2 aromatic heterocycles. The molecule has 4 aromatic carbocycles. The SMILES string of the molecule is COc1ccc(/C(=C/N(C(=O)c2ccnc3ccccc23)c2ccccc2)n2c(=O)[nH]c3ccccc32)cc1. The van der Waals surface area contributed by atoms with E-state index < -0.39 is 0 Å². The number of aromatic amines is 1. The number of aromatic nitrogens is 3. The van der Waals surface area contributed by atoms with Crippen molar-refractivity contribution in [2.24, 2.45) is 0 Å². The standard InChI is InChI=1S/C32H24N4O3/c1-39-24-17-15-22(16-18-24)30(36-29-14-8-7-13-28(29)34-32(36)38)21-35(23-9-3-2-4-10-23)31(37)26-19-20-33-27-12-6-5-11-25(26)27/h2-21H,1H3,(H,34,38)/b30-21-. The monoisotopic (exact) mass is 512 g/mol. The molecule has 6 rings (SSSR count). The van der Waals surface area contributed by atoms with E-state index in [9.17, 15) is 9.59 Å². The molecule has 0 spiro atoms. The molecule has 0 aliphatic heterocycles. The predicted octanol–water partition coefficient (Wildman–Crippen LogP) is 6.08. The molecular weight excluding hydrogens is 488 g/mol. The van der Waals surface area contributed by atoms with E-state index in [-0.39, 0.29) is 11.6 Å². The van der Waals surface area contributed by atoms with Crippen LogP contribution in [0.4, 0.5) is 5.69 Å². The highest BCUT2D eigenvalue weighted by Crippen LogP contribution is 2.28. The second kappa shape index (κ2) is 10.1. The number of rotatable bonds is 6. The molecule has 0 fully saturated rings. The number of pyridine rings is 1. The van der Waals surface area contributed by atoms with Crippen molar-refractivity contribution in [2.75, 3.05) is 12.0 Å². The van der Waals surface area contributed by atoms with Gasteiger partial charge < -0.3 is 9.72 Å². The maximum absolute atomic E-state index is 14.3. The first-order valence-electron chi connectivity index (χ1n) is 12.4. The predicted molar refractivity (Wildman–Crippen MR) is 154 cm³/mol. The molecule has 0 atom stereocenters. The fourth-order valence-electron chi connectivity index (χ4n) is 4.69. The van der Waals surface area contributed by atoms with Crippen LogP contribution < -0.4 is 15.3 Å². The van der Waals surface area contributed by atoms with E-state index in [1.54, 1.807) is 35.0 Å². The van der Waals surface area contributed by atoms with Gasteiger partial charge in [-0.25, -0.2) is 4.79 Å². The number of imidazole rings is 1. The maximum Gasteiger partial charge on any atom is 0.331 e. The number of carbonyl (C=O) groups excluding carboxylic acids is 1. The third-order valence-corrected chi connectivity index (χ3v) is 6.60. The van der Waals surface area contributed by atoms with Crippen molar-refractivity contribution in [3.8, 4) is 5.75 Å². The third kappa shape index (κ3) is 4.46. The zero-order valence-electron chi connectivity index (χ0n) is 21.1. The van der Waals surface area contributed by atoms with Crippen LogP contribution in [0.25, 0.3) is 27.6 Å². The average molecular weight is 513 g/mol. The number of para-hydroxylation sites is 4. The van der Waals surface area contributed by atoms with Crippen LogP contribution in [0.2, 0.25) is 0 Å². The van der Waals surface area contributed by atoms with E-state index in [0.29, 0.717) is 33.7 Å². The summed E-state index contributed by atoms with van der Waals surface area (Å²) in [7, 11) is 1.60. The van der Waals surface area contributed by atoms with Crippen LogP contribution >= 0.6 is 0 Å². The molecule has 6 aromatic rings. The Bertz CT molecular complexity index is 1880. The first kappa shape index (κ1) is 23.9. The molecule has 1 N–H and O–H groups in total. The first-order chi connectivity index (χ1) is 19.1. The highest BCUT2D eigenvalue weighted by atomic mass is 16.5. The number of nitrogens with zero attached hydrogens (tertiary/aromatic N) is 3. The van der Waals surface area contributed by atoms with Gasteiger partial charge in [0.2, 0.25) is 0 Å². The van der Waals surface area contributed by atoms with Crippen LogP contribution in [0.5, 0.6) is 5.75 Å². The fourth-order valence-corrected chi connectivity index (χ4v) is 4.69. The number of hydrogen-bond acceptors (Lipinski definition) is 4. The van der Waals surface area contributed by atoms with Gasteiger partial charge in [0.05, 0.1) is 34.9 Å². The highest BCUT2D eigenvalue weighted by Gasteiger charge is 2.22. The van der Waals surface area contributed by atoms with Gasteiger partial charge in [0.1, 0.15) is 5.75 Å². The summed E-state index contributed by atoms with van der Waals surface area (Å²) in [6.45, 7) is 0. The van der Waals surface area contributed by atoms with Gasteiger partial charge in [0.15, 0.2) is 0 Å². The summed E-state index contributed by atoms with van der Waals surface area (Å²) in [5, 5.41) is 0.745. The van der Waals surface area contributed by atoms with Crippen molar-refractivity contribution in [1.29, 1.82) is 0 Å². The van der Waals surface area contributed by atoms with Gasteiger partial charge in [-0.05, 0) is 60.7 Å². The average Bonchev–Trinajstić information content (AvgIpc) is 3.33. The van der Waals surface area contributed by atoms with E-state index in [1.807, 2.05) is 103 Å². The van der Waals surface area contributed by atoms with Crippen LogP contribution in [-0.2, 0) is 0 Å². The molecule has 0 aliphatic carbocycles. The molecule has 0 aliphatic rings. The van der Waals surface area contributed by atoms with Crippen molar-refractivity contribution < 1.29 is 9.53 Å². The second-order valence-electron chi connectivity index (χ2n) is 8.91.